The molecule has 4 aromatic rings. The van der Waals surface area contributed by atoms with Gasteiger partial charge in [0.2, 0.25) is 5.91 Å². The second-order valence-corrected chi connectivity index (χ2v) is 8.34. The van der Waals surface area contributed by atoms with Crippen molar-refractivity contribution in [3.05, 3.63) is 64.1 Å². The zero-order valence-electron chi connectivity index (χ0n) is 18.1. The number of imidazole rings is 1. The molecule has 0 radical (unpaired) electrons. The van der Waals surface area contributed by atoms with Gasteiger partial charge in [-0.3, -0.25) is 4.79 Å². The van der Waals surface area contributed by atoms with Crippen LogP contribution in [0.1, 0.15) is 12.5 Å². The van der Waals surface area contributed by atoms with Gasteiger partial charge in [0.1, 0.15) is 17.1 Å². The Bertz CT molecular complexity index is 1330. The number of nitrogens with one attached hydrogen (secondary N) is 2. The summed E-state index contributed by atoms with van der Waals surface area (Å²) in [5, 5.41) is 7.60. The van der Waals surface area contributed by atoms with Crippen LogP contribution in [0.4, 0.5) is 17.1 Å². The number of carbonyl (C=O) groups excluding carboxylic acids is 1. The van der Waals surface area contributed by atoms with Gasteiger partial charge in [-0.15, -0.1) is 0 Å². The van der Waals surface area contributed by atoms with E-state index >= 15 is 0 Å². The lowest BCUT2D eigenvalue weighted by molar-refractivity contribution is -0.114. The van der Waals surface area contributed by atoms with E-state index in [1.165, 1.54) is 6.92 Å². The largest absolute Gasteiger partial charge is 0.495 e. The summed E-state index contributed by atoms with van der Waals surface area (Å²) in [4.78, 5) is 16.7. The maximum Gasteiger partial charge on any atom is 0.221 e. The second kappa shape index (κ2) is 8.73. The number of benzene rings is 3. The molecule has 0 aliphatic heterocycles. The zero-order valence-corrected chi connectivity index (χ0v) is 19.6. The van der Waals surface area contributed by atoms with Crippen molar-refractivity contribution >= 4 is 57.2 Å². The average molecular weight is 469 g/mol. The van der Waals surface area contributed by atoms with Crippen molar-refractivity contribution in [3.8, 4) is 17.1 Å². The van der Waals surface area contributed by atoms with Gasteiger partial charge in [0.15, 0.2) is 0 Å². The molecule has 0 aliphatic rings. The fourth-order valence-corrected chi connectivity index (χ4v) is 4.12. The number of hydrogen-bond acceptors (Lipinski definition) is 4. The number of anilines is 3. The normalized spacial score (nSPS) is 10.9. The van der Waals surface area contributed by atoms with Gasteiger partial charge in [-0.1, -0.05) is 23.2 Å². The Hall–Kier alpha value is -3.22. The van der Waals surface area contributed by atoms with Crippen molar-refractivity contribution in [2.45, 2.75) is 13.8 Å². The summed E-state index contributed by atoms with van der Waals surface area (Å²) in [6.45, 7) is 3.44. The molecule has 32 heavy (non-hydrogen) atoms. The summed E-state index contributed by atoms with van der Waals surface area (Å²) in [6.07, 6.45) is 0. The Labute approximate surface area is 196 Å². The number of nitrogens with zero attached hydrogens (tertiary/aromatic N) is 2. The third kappa shape index (κ3) is 4.11. The van der Waals surface area contributed by atoms with Crippen LogP contribution in [0.15, 0.2) is 48.5 Å². The molecule has 1 aromatic heterocycles. The van der Waals surface area contributed by atoms with E-state index in [1.807, 2.05) is 61.0 Å². The van der Waals surface area contributed by atoms with E-state index in [2.05, 4.69) is 10.6 Å². The molecule has 0 fully saturated rings. The van der Waals surface area contributed by atoms with Crippen LogP contribution in [-0.2, 0) is 11.8 Å². The summed E-state index contributed by atoms with van der Waals surface area (Å²) in [5.74, 6) is 1.22. The molecule has 8 heteroatoms. The molecule has 0 saturated heterocycles. The van der Waals surface area contributed by atoms with Crippen LogP contribution < -0.4 is 15.4 Å². The molecular weight excluding hydrogens is 447 g/mol. The molecule has 0 unspecified atom stereocenters. The van der Waals surface area contributed by atoms with Gasteiger partial charge in [0.25, 0.3) is 0 Å². The van der Waals surface area contributed by atoms with Gasteiger partial charge in [-0.2, -0.15) is 0 Å². The molecule has 0 bridgehead atoms. The van der Waals surface area contributed by atoms with Gasteiger partial charge >= 0.3 is 0 Å². The van der Waals surface area contributed by atoms with E-state index in [-0.39, 0.29) is 5.91 Å². The summed E-state index contributed by atoms with van der Waals surface area (Å²) in [6, 6.07) is 14.9. The van der Waals surface area contributed by atoms with Crippen LogP contribution in [0, 0.1) is 6.92 Å². The summed E-state index contributed by atoms with van der Waals surface area (Å²) in [5.41, 5.74) is 5.59. The molecule has 0 saturated carbocycles. The maximum absolute atomic E-state index is 11.8. The number of aryl methyl sites for hydroxylation is 2. The molecule has 0 aliphatic carbocycles. The molecular formula is C24H22Cl2N4O2. The van der Waals surface area contributed by atoms with Gasteiger partial charge in [-0.25, -0.2) is 4.98 Å². The van der Waals surface area contributed by atoms with Crippen LogP contribution in [0.25, 0.3) is 22.4 Å². The minimum atomic E-state index is -0.156. The van der Waals surface area contributed by atoms with Gasteiger partial charge in [0.05, 0.1) is 29.7 Å². The number of hydrogen-bond donors (Lipinski definition) is 2. The predicted molar refractivity (Wildman–Crippen MR) is 131 cm³/mol. The van der Waals surface area contributed by atoms with E-state index in [0.717, 1.165) is 33.8 Å². The third-order valence-corrected chi connectivity index (χ3v) is 5.65. The van der Waals surface area contributed by atoms with Crippen LogP contribution in [0.2, 0.25) is 10.0 Å². The Morgan fingerprint density at radius 3 is 2.38 bits per heavy atom. The Morgan fingerprint density at radius 1 is 1.03 bits per heavy atom. The van der Waals surface area contributed by atoms with E-state index in [1.54, 1.807) is 13.2 Å². The topological polar surface area (TPSA) is 68.2 Å². The van der Waals surface area contributed by atoms with Crippen molar-refractivity contribution in [2.75, 3.05) is 17.7 Å². The number of methoxy groups -OCH3 is 1. The fourth-order valence-electron chi connectivity index (χ4n) is 3.74. The lowest BCUT2D eigenvalue weighted by atomic mass is 10.1. The second-order valence-electron chi connectivity index (χ2n) is 7.47. The third-order valence-electron chi connectivity index (χ3n) is 5.18. The van der Waals surface area contributed by atoms with Gasteiger partial charge in [-0.05, 0) is 55.0 Å². The number of fused-ring (bicyclic) bond motifs is 1. The van der Waals surface area contributed by atoms with E-state index in [4.69, 9.17) is 32.9 Å². The van der Waals surface area contributed by atoms with Gasteiger partial charge in [0, 0.05) is 35.6 Å². The molecule has 0 atom stereocenters. The monoisotopic (exact) mass is 468 g/mol. The minimum absolute atomic E-state index is 0.156. The fraction of sp³-hybridized carbons (Fsp3) is 0.167. The van der Waals surface area contributed by atoms with Crippen LogP contribution in [0.3, 0.4) is 0 Å². The molecule has 164 valence electrons. The van der Waals surface area contributed by atoms with Gasteiger partial charge < -0.3 is 19.9 Å². The lowest BCUT2D eigenvalue weighted by Gasteiger charge is -2.16. The highest BCUT2D eigenvalue weighted by Gasteiger charge is 2.19. The summed E-state index contributed by atoms with van der Waals surface area (Å²) in [7, 11) is 3.52. The molecule has 2 N–H and O–H groups in total. The molecule has 1 amide bonds. The Kier molecular flexibility index (Phi) is 6.00. The molecule has 4 rings (SSSR count). The summed E-state index contributed by atoms with van der Waals surface area (Å²) >= 11 is 12.3. The summed E-state index contributed by atoms with van der Waals surface area (Å²) < 4.78 is 7.49. The molecule has 6 nitrogen and oxygen atoms in total. The molecule has 0 spiro atoms. The van der Waals surface area contributed by atoms with Crippen LogP contribution >= 0.6 is 23.2 Å². The predicted octanol–water partition coefficient (Wildman–Crippen LogP) is 6.57. The zero-order chi connectivity index (χ0) is 23.0. The number of amides is 1. The standard InChI is InChI=1S/C24H22Cl2N4O2/c1-13-11-17(26)12-20(32-4)21(13)28-18-9-10-19(27-14(2)31)23-22(18)29-24(30(23)3)15-5-7-16(25)8-6-15/h5-12,28H,1-4H3,(H,27,31). The smallest absolute Gasteiger partial charge is 0.221 e. The maximum atomic E-state index is 11.8. The quantitative estimate of drug-likeness (QED) is 0.347. The first kappa shape index (κ1) is 22.0. The van der Waals surface area contributed by atoms with Crippen molar-refractivity contribution in [3.63, 3.8) is 0 Å². The lowest BCUT2D eigenvalue weighted by Crippen LogP contribution is -2.08. The van der Waals surface area contributed by atoms with Crippen LogP contribution in [-0.4, -0.2) is 22.6 Å². The Balaban J connectivity index is 1.92. The highest BCUT2D eigenvalue weighted by atomic mass is 35.5. The van der Waals surface area contributed by atoms with E-state index in [0.29, 0.717) is 27.0 Å². The number of carbonyl (C=O) groups is 1. The highest BCUT2D eigenvalue weighted by molar-refractivity contribution is 6.31. The molecule has 1 heterocycles. The number of ether oxygens (including phenoxy) is 1. The van der Waals surface area contributed by atoms with Crippen molar-refractivity contribution in [1.82, 2.24) is 9.55 Å². The van der Waals surface area contributed by atoms with E-state index < -0.39 is 0 Å². The average Bonchev–Trinajstić information content (AvgIpc) is 3.09. The van der Waals surface area contributed by atoms with Crippen molar-refractivity contribution < 1.29 is 9.53 Å². The number of halogens is 2. The Morgan fingerprint density at radius 2 is 1.72 bits per heavy atom. The number of aromatic nitrogens is 2. The van der Waals surface area contributed by atoms with Crippen molar-refractivity contribution in [1.29, 1.82) is 0 Å². The number of rotatable bonds is 5. The molecule has 3 aromatic carbocycles. The van der Waals surface area contributed by atoms with E-state index in [9.17, 15) is 4.79 Å². The first-order chi connectivity index (χ1) is 15.3. The highest BCUT2D eigenvalue weighted by Crippen LogP contribution is 2.39. The minimum Gasteiger partial charge on any atom is -0.495 e. The van der Waals surface area contributed by atoms with Crippen LogP contribution in [0.5, 0.6) is 5.75 Å². The first-order valence-corrected chi connectivity index (χ1v) is 10.7. The first-order valence-electron chi connectivity index (χ1n) is 9.92. The SMILES string of the molecule is COc1cc(Cl)cc(C)c1Nc1ccc(NC(C)=O)c2c1nc(-c1ccc(Cl)cc1)n2C. The van der Waals surface area contributed by atoms with Crippen molar-refractivity contribution in [2.24, 2.45) is 7.05 Å².